The van der Waals surface area contributed by atoms with E-state index in [9.17, 15) is 0 Å². The third-order valence-electron chi connectivity index (χ3n) is 3.03. The lowest BCUT2D eigenvalue weighted by atomic mass is 9.96. The van der Waals surface area contributed by atoms with Crippen LogP contribution in [-0.4, -0.2) is 17.6 Å². The van der Waals surface area contributed by atoms with Crippen LogP contribution in [0.15, 0.2) is 40.2 Å². The van der Waals surface area contributed by atoms with Gasteiger partial charge in [-0.05, 0) is 25.0 Å². The molecule has 1 saturated carbocycles. The van der Waals surface area contributed by atoms with E-state index in [1.807, 2.05) is 6.07 Å². The van der Waals surface area contributed by atoms with Crippen LogP contribution >= 0.6 is 21.6 Å². The summed E-state index contributed by atoms with van der Waals surface area (Å²) in [6.07, 6.45) is 6.43. The second kappa shape index (κ2) is 7.74. The van der Waals surface area contributed by atoms with E-state index in [0.29, 0.717) is 6.04 Å². The van der Waals surface area contributed by atoms with Crippen molar-refractivity contribution in [2.75, 3.05) is 5.75 Å². The van der Waals surface area contributed by atoms with Gasteiger partial charge in [0.2, 0.25) is 0 Å². The first-order valence-corrected chi connectivity index (χ1v) is 8.83. The van der Waals surface area contributed by atoms with Crippen LogP contribution in [0, 0.1) is 0 Å². The van der Waals surface area contributed by atoms with Gasteiger partial charge < -0.3 is 5.73 Å². The Morgan fingerprint density at radius 3 is 2.61 bits per heavy atom. The summed E-state index contributed by atoms with van der Waals surface area (Å²) >= 11 is 0. The maximum Gasteiger partial charge on any atom is 0.105 e. The lowest BCUT2D eigenvalue weighted by molar-refractivity contribution is 0.443. The van der Waals surface area contributed by atoms with Gasteiger partial charge in [0.05, 0.1) is 11.8 Å². The van der Waals surface area contributed by atoms with Crippen molar-refractivity contribution in [2.45, 2.75) is 43.0 Å². The maximum absolute atomic E-state index is 5.98. The molecule has 0 radical (unpaired) electrons. The quantitative estimate of drug-likeness (QED) is 0.501. The lowest BCUT2D eigenvalue weighted by Gasteiger charge is -2.18. The summed E-state index contributed by atoms with van der Waals surface area (Å²) in [5, 5.41) is 0. The summed E-state index contributed by atoms with van der Waals surface area (Å²) in [6, 6.07) is 10.9. The third-order valence-corrected chi connectivity index (χ3v) is 5.31. The van der Waals surface area contributed by atoms with Crippen molar-refractivity contribution in [1.29, 1.82) is 0 Å². The molecule has 1 aliphatic rings. The van der Waals surface area contributed by atoms with Crippen molar-refractivity contribution >= 4 is 27.4 Å². The van der Waals surface area contributed by atoms with Crippen LogP contribution in [0.3, 0.4) is 0 Å². The highest BCUT2D eigenvalue weighted by Crippen LogP contribution is 2.30. The van der Waals surface area contributed by atoms with Crippen LogP contribution < -0.4 is 5.73 Å². The number of nitrogens with two attached hydrogens (primary N) is 1. The number of rotatable bonds is 5. The van der Waals surface area contributed by atoms with Gasteiger partial charge in [0.15, 0.2) is 0 Å². The predicted molar refractivity (Wildman–Crippen MR) is 83.3 cm³/mol. The second-order valence-corrected chi connectivity index (χ2v) is 6.94. The number of hydrogen-bond donors (Lipinski definition) is 1. The first-order valence-electron chi connectivity index (χ1n) is 6.51. The van der Waals surface area contributed by atoms with Gasteiger partial charge in [0.25, 0.3) is 0 Å². The van der Waals surface area contributed by atoms with Crippen molar-refractivity contribution in [3.05, 3.63) is 30.3 Å². The van der Waals surface area contributed by atoms with Gasteiger partial charge >= 0.3 is 0 Å². The monoisotopic (exact) mass is 280 g/mol. The van der Waals surface area contributed by atoms with Crippen LogP contribution in [0.2, 0.25) is 0 Å². The Kier molecular flexibility index (Phi) is 5.94. The van der Waals surface area contributed by atoms with Crippen LogP contribution in [0.5, 0.6) is 0 Å². The minimum atomic E-state index is 0.487. The van der Waals surface area contributed by atoms with E-state index in [2.05, 4.69) is 29.3 Å². The number of aliphatic imine (C=N–C) groups is 1. The molecular weight excluding hydrogens is 260 g/mol. The lowest BCUT2D eigenvalue weighted by Crippen LogP contribution is -2.20. The van der Waals surface area contributed by atoms with Crippen LogP contribution in [0.25, 0.3) is 0 Å². The van der Waals surface area contributed by atoms with Crippen molar-refractivity contribution in [3.63, 3.8) is 0 Å². The molecule has 0 heterocycles. The molecule has 0 atom stereocenters. The van der Waals surface area contributed by atoms with Gasteiger partial charge in [-0.25, -0.2) is 0 Å². The number of nitrogens with zero attached hydrogens (tertiary/aromatic N) is 1. The van der Waals surface area contributed by atoms with Crippen LogP contribution in [0.4, 0.5) is 0 Å². The Morgan fingerprint density at radius 2 is 1.89 bits per heavy atom. The van der Waals surface area contributed by atoms with E-state index >= 15 is 0 Å². The van der Waals surface area contributed by atoms with Crippen LogP contribution in [-0.2, 0) is 0 Å². The molecule has 2 rings (SSSR count). The Hall–Kier alpha value is -0.610. The van der Waals surface area contributed by atoms with Gasteiger partial charge in [-0.2, -0.15) is 0 Å². The maximum atomic E-state index is 5.98. The Morgan fingerprint density at radius 1 is 1.17 bits per heavy atom. The number of hydrogen-bond acceptors (Lipinski definition) is 3. The van der Waals surface area contributed by atoms with Gasteiger partial charge in [0, 0.05) is 4.90 Å². The molecule has 1 aromatic carbocycles. The Bertz CT molecular complexity index is 373. The highest BCUT2D eigenvalue weighted by molar-refractivity contribution is 8.76. The van der Waals surface area contributed by atoms with Crippen molar-refractivity contribution in [2.24, 2.45) is 10.7 Å². The molecule has 2 nitrogen and oxygen atoms in total. The Balaban J connectivity index is 1.70. The van der Waals surface area contributed by atoms with Crippen LogP contribution in [0.1, 0.15) is 32.1 Å². The molecule has 0 amide bonds. The fraction of sp³-hybridized carbons (Fsp3) is 0.500. The summed E-state index contributed by atoms with van der Waals surface area (Å²) in [5.74, 6) is 1.62. The van der Waals surface area contributed by atoms with E-state index < -0.39 is 0 Å². The van der Waals surface area contributed by atoms with Gasteiger partial charge in [0.1, 0.15) is 5.84 Å². The minimum absolute atomic E-state index is 0.487. The van der Waals surface area contributed by atoms with E-state index in [-0.39, 0.29) is 0 Å². The minimum Gasteiger partial charge on any atom is -0.387 e. The van der Waals surface area contributed by atoms with Gasteiger partial charge in [-0.3, -0.25) is 4.99 Å². The zero-order valence-electron chi connectivity index (χ0n) is 10.5. The molecule has 1 fully saturated rings. The third kappa shape index (κ3) is 4.94. The fourth-order valence-corrected chi connectivity index (χ4v) is 4.05. The van der Waals surface area contributed by atoms with E-state index in [1.54, 1.807) is 21.6 Å². The molecule has 0 aromatic heterocycles. The molecule has 0 aliphatic heterocycles. The smallest absolute Gasteiger partial charge is 0.105 e. The molecule has 1 aliphatic carbocycles. The summed E-state index contributed by atoms with van der Waals surface area (Å²) in [6.45, 7) is 0. The Labute approximate surface area is 117 Å². The van der Waals surface area contributed by atoms with Gasteiger partial charge in [-0.15, -0.1) is 0 Å². The zero-order chi connectivity index (χ0) is 12.6. The molecule has 18 heavy (non-hydrogen) atoms. The van der Waals surface area contributed by atoms with Crippen molar-refractivity contribution < 1.29 is 0 Å². The molecule has 4 heteroatoms. The molecule has 0 spiro atoms. The van der Waals surface area contributed by atoms with E-state index in [1.165, 1.54) is 37.0 Å². The average Bonchev–Trinajstić information content (AvgIpc) is 2.41. The van der Waals surface area contributed by atoms with E-state index in [4.69, 9.17) is 5.73 Å². The standard InChI is InChI=1S/C14H20N2S2/c15-14(16-12-7-3-1-4-8-12)11-17-18-13-9-5-2-6-10-13/h2,5-6,9-10,12H,1,3-4,7-8,11H2,(H2,15,16). The summed E-state index contributed by atoms with van der Waals surface area (Å²) < 4.78 is 0. The SMILES string of the molecule is NC(CSSc1ccccc1)=NC1CCCCC1. The topological polar surface area (TPSA) is 38.4 Å². The highest BCUT2D eigenvalue weighted by atomic mass is 33.1. The average molecular weight is 280 g/mol. The fourth-order valence-electron chi connectivity index (χ4n) is 2.12. The zero-order valence-corrected chi connectivity index (χ0v) is 12.2. The molecular formula is C14H20N2S2. The highest BCUT2D eigenvalue weighted by Gasteiger charge is 2.12. The largest absolute Gasteiger partial charge is 0.387 e. The second-order valence-electron chi connectivity index (χ2n) is 4.57. The van der Waals surface area contributed by atoms with Gasteiger partial charge in [-0.1, -0.05) is 59.0 Å². The normalized spacial score (nSPS) is 17.9. The predicted octanol–water partition coefficient (Wildman–Crippen LogP) is 4.12. The van der Waals surface area contributed by atoms with E-state index in [0.717, 1.165) is 11.6 Å². The number of benzene rings is 1. The summed E-state index contributed by atoms with van der Waals surface area (Å²) in [4.78, 5) is 5.90. The van der Waals surface area contributed by atoms with Crippen molar-refractivity contribution in [3.8, 4) is 0 Å². The first kappa shape index (κ1) is 13.8. The molecule has 0 bridgehead atoms. The first-order chi connectivity index (χ1) is 8.84. The summed E-state index contributed by atoms with van der Waals surface area (Å²) in [5.41, 5.74) is 5.98. The molecule has 2 N–H and O–H groups in total. The van der Waals surface area contributed by atoms with Crippen molar-refractivity contribution in [1.82, 2.24) is 0 Å². The molecule has 0 saturated heterocycles. The molecule has 1 aromatic rings. The molecule has 98 valence electrons. The summed E-state index contributed by atoms with van der Waals surface area (Å²) in [7, 11) is 3.53. The number of amidine groups is 1. The molecule has 0 unspecified atom stereocenters.